The molecule has 0 bridgehead atoms. The summed E-state index contributed by atoms with van der Waals surface area (Å²) in [6, 6.07) is 9.71. The zero-order chi connectivity index (χ0) is 18.6. The van der Waals surface area contributed by atoms with Crippen molar-refractivity contribution >= 4 is 17.0 Å². The van der Waals surface area contributed by atoms with Crippen LogP contribution in [0, 0.1) is 0 Å². The maximum atomic E-state index is 12.4. The Kier molecular flexibility index (Phi) is 5.17. The van der Waals surface area contributed by atoms with Gasteiger partial charge in [0.05, 0.1) is 11.9 Å². The molecule has 1 aromatic carbocycles. The van der Waals surface area contributed by atoms with Crippen LogP contribution < -0.4 is 10.9 Å². The summed E-state index contributed by atoms with van der Waals surface area (Å²) in [7, 11) is 0. The highest BCUT2D eigenvalue weighted by atomic mass is 16.1. The molecule has 8 nitrogen and oxygen atoms in total. The van der Waals surface area contributed by atoms with Crippen molar-refractivity contribution < 1.29 is 0 Å². The lowest BCUT2D eigenvalue weighted by molar-refractivity contribution is 0.141. The number of likely N-dealkylation sites (N-methyl/N-ethyl adjacent to an activating group) is 1. The van der Waals surface area contributed by atoms with Gasteiger partial charge in [0.25, 0.3) is 5.56 Å². The highest BCUT2D eigenvalue weighted by molar-refractivity contribution is 5.76. The average molecular weight is 367 g/mol. The summed E-state index contributed by atoms with van der Waals surface area (Å²) in [6.45, 7) is 9.39. The minimum absolute atomic E-state index is 0.179. The summed E-state index contributed by atoms with van der Waals surface area (Å²) < 4.78 is 1.69. The molecule has 142 valence electrons. The summed E-state index contributed by atoms with van der Waals surface area (Å²) >= 11 is 0. The molecule has 4 rings (SSSR count). The van der Waals surface area contributed by atoms with Crippen molar-refractivity contribution in [1.82, 2.24) is 29.5 Å². The van der Waals surface area contributed by atoms with E-state index in [1.807, 2.05) is 30.3 Å². The third kappa shape index (κ3) is 3.86. The fourth-order valence-electron chi connectivity index (χ4n) is 3.42. The first-order valence-corrected chi connectivity index (χ1v) is 9.46. The van der Waals surface area contributed by atoms with Crippen molar-refractivity contribution in [1.29, 1.82) is 0 Å². The number of benzene rings is 1. The number of H-pyrrole nitrogens is 1. The summed E-state index contributed by atoms with van der Waals surface area (Å²) in [5.41, 5.74) is 1.26. The van der Waals surface area contributed by atoms with Crippen LogP contribution in [0.2, 0.25) is 0 Å². The van der Waals surface area contributed by atoms with E-state index >= 15 is 0 Å². The highest BCUT2D eigenvalue weighted by Gasteiger charge is 2.15. The van der Waals surface area contributed by atoms with Crippen LogP contribution in [0.4, 0.5) is 5.95 Å². The van der Waals surface area contributed by atoms with Crippen LogP contribution in [0.5, 0.6) is 0 Å². The zero-order valence-electron chi connectivity index (χ0n) is 15.6. The Morgan fingerprint density at radius 2 is 1.85 bits per heavy atom. The molecule has 0 aliphatic carbocycles. The molecule has 0 unspecified atom stereocenters. The van der Waals surface area contributed by atoms with Gasteiger partial charge in [-0.1, -0.05) is 25.1 Å². The number of rotatable bonds is 6. The number of para-hydroxylation sites is 1. The first-order valence-electron chi connectivity index (χ1n) is 9.46. The quantitative estimate of drug-likeness (QED) is 0.680. The topological polar surface area (TPSA) is 82.1 Å². The minimum Gasteiger partial charge on any atom is -0.354 e. The van der Waals surface area contributed by atoms with Crippen LogP contribution >= 0.6 is 0 Å². The molecule has 3 aromatic rings. The zero-order valence-corrected chi connectivity index (χ0v) is 15.6. The van der Waals surface area contributed by atoms with Gasteiger partial charge in [-0.15, -0.1) is 0 Å². The molecule has 1 aliphatic rings. The molecule has 1 saturated heterocycles. The monoisotopic (exact) mass is 367 g/mol. The third-order valence-corrected chi connectivity index (χ3v) is 5.07. The smallest absolute Gasteiger partial charge is 0.263 e. The molecule has 8 heteroatoms. The Labute approximate surface area is 157 Å². The van der Waals surface area contributed by atoms with Crippen LogP contribution in [-0.2, 0) is 0 Å². The number of anilines is 1. The molecule has 2 aromatic heterocycles. The number of fused-ring (bicyclic) bond motifs is 1. The van der Waals surface area contributed by atoms with Gasteiger partial charge in [0, 0.05) is 39.3 Å². The number of hydrogen-bond acceptors (Lipinski definition) is 6. The summed E-state index contributed by atoms with van der Waals surface area (Å²) in [4.78, 5) is 24.7. The summed E-state index contributed by atoms with van der Waals surface area (Å²) in [5, 5.41) is 8.07. The Balaban J connectivity index is 1.46. The third-order valence-electron chi connectivity index (χ3n) is 5.07. The number of nitrogens with zero attached hydrogens (tertiary/aromatic N) is 5. The maximum Gasteiger partial charge on any atom is 0.263 e. The normalized spacial score (nSPS) is 16.0. The van der Waals surface area contributed by atoms with E-state index in [0.717, 1.165) is 51.5 Å². The average Bonchev–Trinajstić information content (AvgIpc) is 3.14. The number of aromatic amines is 1. The summed E-state index contributed by atoms with van der Waals surface area (Å²) in [6.07, 6.45) is 1.56. The first kappa shape index (κ1) is 17.7. The lowest BCUT2D eigenvalue weighted by Gasteiger charge is -2.33. The van der Waals surface area contributed by atoms with E-state index in [0.29, 0.717) is 17.0 Å². The fraction of sp³-hybridized carbons (Fsp3) is 0.421. The molecule has 2 N–H and O–H groups in total. The molecule has 0 amide bonds. The van der Waals surface area contributed by atoms with Crippen LogP contribution in [0.1, 0.15) is 6.92 Å². The molecular weight excluding hydrogens is 342 g/mol. The predicted octanol–water partition coefficient (Wildman–Crippen LogP) is 1.16. The molecule has 27 heavy (non-hydrogen) atoms. The number of hydrogen-bond donors (Lipinski definition) is 2. The molecule has 1 aliphatic heterocycles. The summed E-state index contributed by atoms with van der Waals surface area (Å²) in [5.74, 6) is 0.484. The number of piperazine rings is 1. The molecular formula is C19H25N7O. The van der Waals surface area contributed by atoms with Crippen LogP contribution in [-0.4, -0.2) is 75.4 Å². The van der Waals surface area contributed by atoms with Gasteiger partial charge < -0.3 is 10.2 Å². The Morgan fingerprint density at radius 1 is 1.11 bits per heavy atom. The van der Waals surface area contributed by atoms with Gasteiger partial charge in [-0.05, 0) is 18.7 Å². The van der Waals surface area contributed by atoms with Crippen molar-refractivity contribution in [2.75, 3.05) is 51.1 Å². The second-order valence-corrected chi connectivity index (χ2v) is 6.75. The van der Waals surface area contributed by atoms with Crippen molar-refractivity contribution in [3.63, 3.8) is 0 Å². The van der Waals surface area contributed by atoms with Crippen LogP contribution in [0.3, 0.4) is 0 Å². The van der Waals surface area contributed by atoms with Crippen molar-refractivity contribution in [3.05, 3.63) is 46.9 Å². The lowest BCUT2D eigenvalue weighted by Crippen LogP contribution is -2.47. The predicted molar refractivity (Wildman–Crippen MR) is 107 cm³/mol. The van der Waals surface area contributed by atoms with Crippen LogP contribution in [0.15, 0.2) is 41.3 Å². The second-order valence-electron chi connectivity index (χ2n) is 6.75. The van der Waals surface area contributed by atoms with E-state index in [2.05, 4.69) is 37.1 Å². The molecule has 0 spiro atoms. The van der Waals surface area contributed by atoms with E-state index in [9.17, 15) is 4.79 Å². The second kappa shape index (κ2) is 7.89. The van der Waals surface area contributed by atoms with Gasteiger partial charge >= 0.3 is 0 Å². The number of nitrogens with one attached hydrogen (secondary N) is 2. The van der Waals surface area contributed by atoms with Gasteiger partial charge in [0.15, 0.2) is 5.65 Å². The molecule has 0 atom stereocenters. The Hall–Kier alpha value is -2.71. The molecule has 1 fully saturated rings. The van der Waals surface area contributed by atoms with E-state index in [-0.39, 0.29) is 5.56 Å². The van der Waals surface area contributed by atoms with Gasteiger partial charge in [-0.2, -0.15) is 10.1 Å². The van der Waals surface area contributed by atoms with Gasteiger partial charge in [0.2, 0.25) is 5.95 Å². The Morgan fingerprint density at radius 3 is 2.59 bits per heavy atom. The van der Waals surface area contributed by atoms with E-state index in [1.165, 1.54) is 0 Å². The number of aromatic nitrogens is 4. The van der Waals surface area contributed by atoms with Crippen LogP contribution in [0.25, 0.3) is 16.7 Å². The van der Waals surface area contributed by atoms with Gasteiger partial charge in [-0.3, -0.25) is 14.7 Å². The van der Waals surface area contributed by atoms with E-state index < -0.39 is 0 Å². The van der Waals surface area contributed by atoms with Crippen molar-refractivity contribution in [2.45, 2.75) is 6.92 Å². The standard InChI is InChI=1S/C19H25N7O/c1-2-24-10-12-25(13-11-24)9-8-20-19-22-17-16(18(27)23-19)14-21-26(17)15-6-4-3-5-7-15/h3-7,14H,2,8-13H2,1H3,(H2,20,22,23,27). The van der Waals surface area contributed by atoms with Gasteiger partial charge in [-0.25, -0.2) is 4.68 Å². The lowest BCUT2D eigenvalue weighted by atomic mass is 10.3. The minimum atomic E-state index is -0.179. The first-order chi connectivity index (χ1) is 13.2. The maximum absolute atomic E-state index is 12.4. The molecule has 0 saturated carbocycles. The SMILES string of the molecule is CCN1CCN(CCNc2nc3c(cnn3-c3ccccc3)c(=O)[nH]2)CC1. The largest absolute Gasteiger partial charge is 0.354 e. The highest BCUT2D eigenvalue weighted by Crippen LogP contribution is 2.14. The van der Waals surface area contributed by atoms with Crippen molar-refractivity contribution in [2.24, 2.45) is 0 Å². The molecule has 3 heterocycles. The fourth-order valence-corrected chi connectivity index (χ4v) is 3.42. The van der Waals surface area contributed by atoms with E-state index in [4.69, 9.17) is 0 Å². The van der Waals surface area contributed by atoms with Crippen molar-refractivity contribution in [3.8, 4) is 5.69 Å². The Bertz CT molecular complexity index is 942. The van der Waals surface area contributed by atoms with E-state index in [1.54, 1.807) is 10.9 Å². The molecule has 0 radical (unpaired) electrons. The van der Waals surface area contributed by atoms with Gasteiger partial charge in [0.1, 0.15) is 5.39 Å².